The van der Waals surface area contributed by atoms with Gasteiger partial charge in [-0.15, -0.1) is 0 Å². The van der Waals surface area contributed by atoms with Crippen molar-refractivity contribution >= 4 is 29.2 Å². The summed E-state index contributed by atoms with van der Waals surface area (Å²) >= 11 is 5.86. The summed E-state index contributed by atoms with van der Waals surface area (Å²) in [5, 5.41) is 2.90. The molecular formula is C12H11ClFN5. The molecule has 0 radical (unpaired) electrons. The van der Waals surface area contributed by atoms with Gasteiger partial charge in [0, 0.05) is 13.1 Å². The number of halogens is 2. The lowest BCUT2D eigenvalue weighted by atomic mass is 10.2. The molecule has 1 aromatic heterocycles. The van der Waals surface area contributed by atoms with Crippen molar-refractivity contribution in [2.75, 3.05) is 23.3 Å². The van der Waals surface area contributed by atoms with E-state index in [-0.39, 0.29) is 17.0 Å². The number of para-hydroxylation sites is 1. The Labute approximate surface area is 114 Å². The van der Waals surface area contributed by atoms with Crippen LogP contribution in [-0.2, 0) is 0 Å². The highest BCUT2D eigenvalue weighted by atomic mass is 35.5. The van der Waals surface area contributed by atoms with Crippen molar-refractivity contribution < 1.29 is 4.39 Å². The first kappa shape index (κ1) is 12.1. The van der Waals surface area contributed by atoms with E-state index in [1.54, 1.807) is 18.2 Å². The molecule has 0 bridgehead atoms. The van der Waals surface area contributed by atoms with Crippen LogP contribution in [0.2, 0.25) is 5.28 Å². The van der Waals surface area contributed by atoms with Gasteiger partial charge in [-0.25, -0.2) is 4.39 Å². The van der Waals surface area contributed by atoms with Gasteiger partial charge in [0.15, 0.2) is 0 Å². The van der Waals surface area contributed by atoms with Crippen LogP contribution in [0.4, 0.5) is 22.0 Å². The summed E-state index contributed by atoms with van der Waals surface area (Å²) in [6, 6.07) is 6.31. The Bertz CT molecular complexity index is 602. The van der Waals surface area contributed by atoms with E-state index < -0.39 is 0 Å². The van der Waals surface area contributed by atoms with Gasteiger partial charge in [0.25, 0.3) is 0 Å². The molecule has 19 heavy (non-hydrogen) atoms. The molecule has 1 N–H and O–H groups in total. The number of rotatable bonds is 3. The first-order chi connectivity index (χ1) is 9.22. The molecule has 1 aliphatic heterocycles. The average molecular weight is 280 g/mol. The van der Waals surface area contributed by atoms with Gasteiger partial charge in [-0.2, -0.15) is 15.0 Å². The molecule has 0 amide bonds. The van der Waals surface area contributed by atoms with Crippen LogP contribution in [0, 0.1) is 5.82 Å². The van der Waals surface area contributed by atoms with Crippen molar-refractivity contribution in [1.29, 1.82) is 0 Å². The summed E-state index contributed by atoms with van der Waals surface area (Å²) in [6.45, 7) is 1.80. The maximum Gasteiger partial charge on any atom is 0.233 e. The van der Waals surface area contributed by atoms with Crippen LogP contribution < -0.4 is 10.2 Å². The highest BCUT2D eigenvalue weighted by Crippen LogP contribution is 2.22. The molecular weight excluding hydrogens is 269 g/mol. The topological polar surface area (TPSA) is 53.9 Å². The maximum atomic E-state index is 13.5. The molecule has 5 nitrogen and oxygen atoms in total. The molecule has 98 valence electrons. The molecule has 0 saturated carbocycles. The molecule has 3 rings (SSSR count). The van der Waals surface area contributed by atoms with Gasteiger partial charge in [-0.05, 0) is 30.2 Å². The Balaban J connectivity index is 1.88. The molecule has 1 fully saturated rings. The van der Waals surface area contributed by atoms with Crippen LogP contribution in [0.5, 0.6) is 0 Å². The van der Waals surface area contributed by atoms with E-state index in [9.17, 15) is 4.39 Å². The van der Waals surface area contributed by atoms with E-state index in [0.29, 0.717) is 11.6 Å². The fraction of sp³-hybridized carbons (Fsp3) is 0.250. The largest absolute Gasteiger partial charge is 0.341 e. The summed E-state index contributed by atoms with van der Waals surface area (Å²) < 4.78 is 13.5. The van der Waals surface area contributed by atoms with Crippen LogP contribution in [0.25, 0.3) is 0 Å². The van der Waals surface area contributed by atoms with Crippen LogP contribution >= 0.6 is 11.6 Å². The van der Waals surface area contributed by atoms with E-state index in [0.717, 1.165) is 19.5 Å². The third-order valence-electron chi connectivity index (χ3n) is 2.86. The quantitative estimate of drug-likeness (QED) is 0.936. The standard InChI is InChI=1S/C12H11ClFN5/c13-10-16-11(15-9-5-2-1-4-8(9)14)18-12(17-10)19-6-3-7-19/h1-2,4-5H,3,6-7H2,(H,15,16,17,18). The molecule has 0 atom stereocenters. The number of aromatic nitrogens is 3. The lowest BCUT2D eigenvalue weighted by molar-refractivity contribution is 0.599. The average Bonchev–Trinajstić information content (AvgIpc) is 2.29. The zero-order valence-corrected chi connectivity index (χ0v) is 10.7. The molecule has 1 saturated heterocycles. The number of hydrogen-bond acceptors (Lipinski definition) is 5. The number of nitrogens with one attached hydrogen (secondary N) is 1. The highest BCUT2D eigenvalue weighted by molar-refractivity contribution is 6.28. The monoisotopic (exact) mass is 279 g/mol. The number of hydrogen-bond donors (Lipinski definition) is 1. The van der Waals surface area contributed by atoms with Crippen LogP contribution in [0.1, 0.15) is 6.42 Å². The smallest absolute Gasteiger partial charge is 0.233 e. The number of benzene rings is 1. The maximum absolute atomic E-state index is 13.5. The predicted molar refractivity (Wildman–Crippen MR) is 71.3 cm³/mol. The normalized spacial score (nSPS) is 14.1. The fourth-order valence-electron chi connectivity index (χ4n) is 1.74. The molecule has 0 aliphatic carbocycles. The summed E-state index contributed by atoms with van der Waals surface area (Å²) in [4.78, 5) is 14.2. The Morgan fingerprint density at radius 3 is 2.63 bits per heavy atom. The Morgan fingerprint density at radius 1 is 1.16 bits per heavy atom. The lowest BCUT2D eigenvalue weighted by Gasteiger charge is -2.30. The van der Waals surface area contributed by atoms with Gasteiger partial charge in [0.05, 0.1) is 5.69 Å². The van der Waals surface area contributed by atoms with Crippen LogP contribution in [-0.4, -0.2) is 28.0 Å². The zero-order chi connectivity index (χ0) is 13.2. The highest BCUT2D eigenvalue weighted by Gasteiger charge is 2.19. The van der Waals surface area contributed by atoms with Crippen LogP contribution in [0.3, 0.4) is 0 Å². The summed E-state index contributed by atoms with van der Waals surface area (Å²) in [7, 11) is 0. The summed E-state index contributed by atoms with van der Waals surface area (Å²) in [6.07, 6.45) is 1.11. The predicted octanol–water partition coefficient (Wildman–Crippen LogP) is 2.62. The van der Waals surface area contributed by atoms with Gasteiger partial charge in [-0.1, -0.05) is 12.1 Å². The molecule has 2 heterocycles. The third kappa shape index (κ3) is 2.58. The summed E-state index contributed by atoms with van der Waals surface area (Å²) in [5.41, 5.74) is 0.305. The second-order valence-electron chi connectivity index (χ2n) is 4.17. The van der Waals surface area contributed by atoms with Crippen LogP contribution in [0.15, 0.2) is 24.3 Å². The first-order valence-corrected chi connectivity index (χ1v) is 6.28. The molecule has 1 aromatic carbocycles. The van der Waals surface area contributed by atoms with E-state index in [1.165, 1.54) is 6.07 Å². The van der Waals surface area contributed by atoms with Gasteiger partial charge in [0.1, 0.15) is 5.82 Å². The minimum atomic E-state index is -0.371. The Hall–Kier alpha value is -1.95. The van der Waals surface area contributed by atoms with Crippen molar-refractivity contribution in [1.82, 2.24) is 15.0 Å². The van der Waals surface area contributed by atoms with Gasteiger partial charge < -0.3 is 10.2 Å². The number of anilines is 3. The first-order valence-electron chi connectivity index (χ1n) is 5.90. The van der Waals surface area contributed by atoms with E-state index in [4.69, 9.17) is 11.6 Å². The van der Waals surface area contributed by atoms with Gasteiger partial charge in [-0.3, -0.25) is 0 Å². The van der Waals surface area contributed by atoms with Crippen molar-refractivity contribution in [2.24, 2.45) is 0 Å². The number of nitrogens with zero attached hydrogens (tertiary/aromatic N) is 4. The minimum absolute atomic E-state index is 0.0933. The third-order valence-corrected chi connectivity index (χ3v) is 3.02. The fourth-order valence-corrected chi connectivity index (χ4v) is 1.89. The summed E-state index contributed by atoms with van der Waals surface area (Å²) in [5.74, 6) is 0.390. The molecule has 0 unspecified atom stereocenters. The molecule has 0 spiro atoms. The van der Waals surface area contributed by atoms with E-state index >= 15 is 0 Å². The Morgan fingerprint density at radius 2 is 1.95 bits per heavy atom. The lowest BCUT2D eigenvalue weighted by Crippen LogP contribution is -2.38. The second kappa shape index (κ2) is 4.97. The van der Waals surface area contributed by atoms with E-state index in [1.807, 2.05) is 4.90 Å². The SMILES string of the molecule is Fc1ccccc1Nc1nc(Cl)nc(N2CCC2)n1. The van der Waals surface area contributed by atoms with E-state index in [2.05, 4.69) is 20.3 Å². The van der Waals surface area contributed by atoms with Gasteiger partial charge in [0.2, 0.25) is 17.2 Å². The Kier molecular flexibility index (Phi) is 3.16. The van der Waals surface area contributed by atoms with Crippen molar-refractivity contribution in [3.8, 4) is 0 Å². The minimum Gasteiger partial charge on any atom is -0.341 e. The van der Waals surface area contributed by atoms with Crippen molar-refractivity contribution in [2.45, 2.75) is 6.42 Å². The van der Waals surface area contributed by atoms with Gasteiger partial charge >= 0.3 is 0 Å². The second-order valence-corrected chi connectivity index (χ2v) is 4.51. The molecule has 2 aromatic rings. The van der Waals surface area contributed by atoms with Crippen molar-refractivity contribution in [3.05, 3.63) is 35.4 Å². The van der Waals surface area contributed by atoms with Crippen molar-refractivity contribution in [3.63, 3.8) is 0 Å². The molecule has 7 heteroatoms. The zero-order valence-electron chi connectivity index (χ0n) is 9.98. The molecule has 1 aliphatic rings.